The minimum atomic E-state index is 0.00706. The van der Waals surface area contributed by atoms with Crippen molar-refractivity contribution in [2.75, 3.05) is 32.1 Å². The van der Waals surface area contributed by atoms with Gasteiger partial charge in [-0.25, -0.2) is 4.98 Å². The third-order valence-corrected chi connectivity index (χ3v) is 4.91. The zero-order valence-electron chi connectivity index (χ0n) is 14.2. The molecule has 24 heavy (non-hydrogen) atoms. The van der Waals surface area contributed by atoms with Gasteiger partial charge < -0.3 is 4.90 Å². The summed E-state index contributed by atoms with van der Waals surface area (Å²) in [5.41, 5.74) is 2.85. The highest BCUT2D eigenvalue weighted by molar-refractivity contribution is 7.22. The number of nitrogens with zero attached hydrogens (tertiary/aromatic N) is 2. The first kappa shape index (κ1) is 16.6. The van der Waals surface area contributed by atoms with Gasteiger partial charge in [0.25, 0.3) is 5.91 Å². The lowest BCUT2D eigenvalue weighted by molar-refractivity contribution is -0.856. The summed E-state index contributed by atoms with van der Waals surface area (Å²) in [6, 6.07) is 15.6. The van der Waals surface area contributed by atoms with Crippen molar-refractivity contribution in [3.8, 4) is 0 Å². The van der Waals surface area contributed by atoms with Crippen LogP contribution >= 0.6 is 11.3 Å². The summed E-state index contributed by atoms with van der Waals surface area (Å²) in [6.45, 7) is 3.59. The van der Waals surface area contributed by atoms with Crippen LogP contribution in [0.1, 0.15) is 15.9 Å². The molecule has 2 aromatic carbocycles. The molecule has 3 rings (SSSR count). The number of benzene rings is 2. The van der Waals surface area contributed by atoms with Crippen molar-refractivity contribution in [2.24, 2.45) is 0 Å². The third-order valence-electron chi connectivity index (χ3n) is 3.86. The predicted molar refractivity (Wildman–Crippen MR) is 100 cm³/mol. The van der Waals surface area contributed by atoms with Crippen LogP contribution in [0.15, 0.2) is 48.5 Å². The molecule has 0 bridgehead atoms. The molecule has 4 nitrogen and oxygen atoms in total. The Balaban J connectivity index is 1.97. The first-order chi connectivity index (χ1) is 11.5. The fourth-order valence-electron chi connectivity index (χ4n) is 2.49. The number of carbonyl (C=O) groups is 1. The Morgan fingerprint density at radius 1 is 1.17 bits per heavy atom. The van der Waals surface area contributed by atoms with Gasteiger partial charge in [-0.15, -0.1) is 0 Å². The molecular formula is C19H22N3OS+. The van der Waals surface area contributed by atoms with Gasteiger partial charge >= 0.3 is 0 Å². The fraction of sp³-hybridized carbons (Fsp3) is 0.263. The van der Waals surface area contributed by atoms with Crippen LogP contribution in [0.3, 0.4) is 0 Å². The van der Waals surface area contributed by atoms with Crippen molar-refractivity contribution in [3.63, 3.8) is 0 Å². The maximum absolute atomic E-state index is 13.0. The number of thiazole rings is 1. The molecule has 0 aliphatic carbocycles. The number of anilines is 1. The molecule has 0 saturated heterocycles. The van der Waals surface area contributed by atoms with E-state index in [1.807, 2.05) is 41.3 Å². The lowest BCUT2D eigenvalue weighted by Gasteiger charge is -2.20. The van der Waals surface area contributed by atoms with E-state index in [0.29, 0.717) is 12.1 Å². The number of carbonyl (C=O) groups excluding carboxylic acids is 1. The topological polar surface area (TPSA) is 37.6 Å². The van der Waals surface area contributed by atoms with E-state index in [1.54, 1.807) is 11.3 Å². The molecule has 0 saturated carbocycles. The summed E-state index contributed by atoms with van der Waals surface area (Å²) >= 11 is 1.58. The SMILES string of the molecule is Cc1ccc2nc(N(CC[NH+](C)C)C(=O)c3ccccc3)sc2c1. The second-order valence-corrected chi connectivity index (χ2v) is 7.26. The van der Waals surface area contributed by atoms with E-state index in [1.165, 1.54) is 10.5 Å². The van der Waals surface area contributed by atoms with Crippen molar-refractivity contribution in [1.82, 2.24) is 4.98 Å². The number of hydrogen-bond acceptors (Lipinski definition) is 3. The van der Waals surface area contributed by atoms with Gasteiger partial charge in [0.05, 0.1) is 37.4 Å². The number of likely N-dealkylation sites (N-methyl/N-ethyl adjacent to an activating group) is 1. The normalized spacial score (nSPS) is 11.2. The first-order valence-corrected chi connectivity index (χ1v) is 8.89. The Labute approximate surface area is 146 Å². The summed E-state index contributed by atoms with van der Waals surface area (Å²) in [5, 5.41) is 0.769. The molecule has 5 heteroatoms. The van der Waals surface area contributed by atoms with Gasteiger partial charge in [-0.3, -0.25) is 9.69 Å². The van der Waals surface area contributed by atoms with Gasteiger partial charge in [0, 0.05) is 5.56 Å². The molecule has 0 radical (unpaired) electrons. The molecule has 0 fully saturated rings. The summed E-state index contributed by atoms with van der Waals surface area (Å²) in [4.78, 5) is 20.8. The zero-order chi connectivity index (χ0) is 17.1. The van der Waals surface area contributed by atoms with Crippen molar-refractivity contribution < 1.29 is 9.69 Å². The van der Waals surface area contributed by atoms with Crippen LogP contribution in [0.25, 0.3) is 10.2 Å². The maximum atomic E-state index is 13.0. The summed E-state index contributed by atoms with van der Waals surface area (Å²) in [7, 11) is 4.18. The number of aromatic nitrogens is 1. The van der Waals surface area contributed by atoms with Crippen molar-refractivity contribution in [3.05, 3.63) is 59.7 Å². The number of nitrogens with one attached hydrogen (secondary N) is 1. The smallest absolute Gasteiger partial charge is 0.260 e. The zero-order valence-corrected chi connectivity index (χ0v) is 15.1. The first-order valence-electron chi connectivity index (χ1n) is 8.08. The number of rotatable bonds is 5. The number of hydrogen-bond donors (Lipinski definition) is 1. The molecule has 1 aromatic heterocycles. The molecule has 3 aromatic rings. The average molecular weight is 340 g/mol. The van der Waals surface area contributed by atoms with Crippen LogP contribution in [0.5, 0.6) is 0 Å². The minimum absolute atomic E-state index is 0.00706. The molecule has 0 aliphatic heterocycles. The van der Waals surface area contributed by atoms with Crippen LogP contribution in [-0.4, -0.2) is 38.1 Å². The quantitative estimate of drug-likeness (QED) is 0.774. The van der Waals surface area contributed by atoms with E-state index in [0.717, 1.165) is 21.9 Å². The van der Waals surface area contributed by atoms with E-state index in [9.17, 15) is 4.79 Å². The standard InChI is InChI=1S/C19H21N3OS/c1-14-9-10-16-17(13-14)24-19(20-16)22(12-11-21(2)3)18(23)15-7-5-4-6-8-15/h4-10,13H,11-12H2,1-3H3/p+1. The molecule has 0 spiro atoms. The average Bonchev–Trinajstić information content (AvgIpc) is 2.98. The molecular weight excluding hydrogens is 318 g/mol. The van der Waals surface area contributed by atoms with Gasteiger partial charge in [-0.1, -0.05) is 35.6 Å². The van der Waals surface area contributed by atoms with E-state index >= 15 is 0 Å². The number of fused-ring (bicyclic) bond motifs is 1. The number of aryl methyl sites for hydroxylation is 1. The lowest BCUT2D eigenvalue weighted by Crippen LogP contribution is -3.06. The van der Waals surface area contributed by atoms with Gasteiger partial charge in [0.2, 0.25) is 0 Å². The monoisotopic (exact) mass is 340 g/mol. The molecule has 1 amide bonds. The Bertz CT molecular complexity index is 842. The fourth-order valence-corrected chi connectivity index (χ4v) is 3.58. The highest BCUT2D eigenvalue weighted by atomic mass is 32.1. The molecule has 1 heterocycles. The minimum Gasteiger partial charge on any atom is -0.338 e. The molecule has 124 valence electrons. The number of quaternary nitrogens is 1. The van der Waals surface area contributed by atoms with Gasteiger partial charge in [-0.2, -0.15) is 0 Å². The van der Waals surface area contributed by atoms with E-state index < -0.39 is 0 Å². The summed E-state index contributed by atoms with van der Waals surface area (Å²) in [6.07, 6.45) is 0. The number of amides is 1. The molecule has 1 N–H and O–H groups in total. The van der Waals surface area contributed by atoms with Crippen molar-refractivity contribution in [2.45, 2.75) is 6.92 Å². The maximum Gasteiger partial charge on any atom is 0.260 e. The lowest BCUT2D eigenvalue weighted by atomic mass is 10.2. The highest BCUT2D eigenvalue weighted by Crippen LogP contribution is 2.30. The highest BCUT2D eigenvalue weighted by Gasteiger charge is 2.21. The largest absolute Gasteiger partial charge is 0.338 e. The Morgan fingerprint density at radius 2 is 1.92 bits per heavy atom. The molecule has 0 atom stereocenters. The van der Waals surface area contributed by atoms with E-state index in [-0.39, 0.29) is 5.91 Å². The van der Waals surface area contributed by atoms with Crippen LogP contribution < -0.4 is 9.80 Å². The third kappa shape index (κ3) is 3.63. The Hall–Kier alpha value is -2.24. The second kappa shape index (κ2) is 7.11. The van der Waals surface area contributed by atoms with Gasteiger partial charge in [0.1, 0.15) is 0 Å². The Morgan fingerprint density at radius 3 is 2.62 bits per heavy atom. The van der Waals surface area contributed by atoms with Gasteiger partial charge in [0.15, 0.2) is 5.13 Å². The van der Waals surface area contributed by atoms with Crippen LogP contribution in [0.2, 0.25) is 0 Å². The molecule has 0 unspecified atom stereocenters. The van der Waals surface area contributed by atoms with Crippen LogP contribution in [0, 0.1) is 6.92 Å². The summed E-state index contributed by atoms with van der Waals surface area (Å²) < 4.78 is 1.12. The Kier molecular flexibility index (Phi) is 4.92. The predicted octanol–water partition coefficient (Wildman–Crippen LogP) is 2.40. The van der Waals surface area contributed by atoms with Crippen molar-refractivity contribution >= 4 is 32.6 Å². The van der Waals surface area contributed by atoms with E-state index in [2.05, 4.69) is 33.2 Å². The second-order valence-electron chi connectivity index (χ2n) is 6.25. The van der Waals surface area contributed by atoms with Gasteiger partial charge in [-0.05, 0) is 36.8 Å². The summed E-state index contributed by atoms with van der Waals surface area (Å²) in [5.74, 6) is 0.00706. The molecule has 0 aliphatic rings. The van der Waals surface area contributed by atoms with Crippen molar-refractivity contribution in [1.29, 1.82) is 0 Å². The van der Waals surface area contributed by atoms with E-state index in [4.69, 9.17) is 4.98 Å². The van der Waals surface area contributed by atoms with Crippen LogP contribution in [0.4, 0.5) is 5.13 Å². The van der Waals surface area contributed by atoms with Crippen LogP contribution in [-0.2, 0) is 0 Å².